The number of piperidine rings is 3. The molecule has 4 fully saturated rings. The highest BCUT2D eigenvalue weighted by Crippen LogP contribution is 2.47. The van der Waals surface area contributed by atoms with E-state index in [0.29, 0.717) is 29.7 Å². The molecule has 2 N–H and O–H groups in total. The Labute approximate surface area is 167 Å². The SMILES string of the molecule is CC(C)Cc1cc(CN2C[C@@H](c3cccc(O)c3)[C@@H]3[C@H]2C2CCN3CC2)[nH]n1. The van der Waals surface area contributed by atoms with Crippen molar-refractivity contribution in [2.24, 2.45) is 11.8 Å². The second-order valence-electron chi connectivity index (χ2n) is 9.47. The number of likely N-dealkylation sites (tertiary alicyclic amines) is 1. The van der Waals surface area contributed by atoms with Crippen LogP contribution < -0.4 is 0 Å². The molecule has 2 bridgehead atoms. The number of aromatic hydroxyl groups is 1. The quantitative estimate of drug-likeness (QED) is 0.835. The van der Waals surface area contributed by atoms with E-state index >= 15 is 0 Å². The maximum Gasteiger partial charge on any atom is 0.115 e. The Balaban J connectivity index is 1.41. The zero-order valence-corrected chi connectivity index (χ0v) is 17.0. The summed E-state index contributed by atoms with van der Waals surface area (Å²) >= 11 is 0. The maximum absolute atomic E-state index is 10.0. The molecule has 0 saturated carbocycles. The lowest BCUT2D eigenvalue weighted by atomic mass is 9.75. The molecular weight excluding hydrogens is 348 g/mol. The van der Waals surface area contributed by atoms with Gasteiger partial charge in [-0.25, -0.2) is 0 Å². The van der Waals surface area contributed by atoms with Crippen molar-refractivity contribution in [1.82, 2.24) is 20.0 Å². The number of nitrogens with zero attached hydrogens (tertiary/aromatic N) is 3. The molecule has 2 aromatic rings. The number of nitrogens with one attached hydrogen (secondary N) is 1. The fourth-order valence-electron chi connectivity index (χ4n) is 6.00. The maximum atomic E-state index is 10.0. The molecule has 0 aliphatic carbocycles. The molecule has 3 atom stereocenters. The highest BCUT2D eigenvalue weighted by molar-refractivity contribution is 5.33. The van der Waals surface area contributed by atoms with Crippen molar-refractivity contribution < 1.29 is 5.11 Å². The largest absolute Gasteiger partial charge is 0.508 e. The van der Waals surface area contributed by atoms with Crippen LogP contribution in [0.3, 0.4) is 0 Å². The Morgan fingerprint density at radius 3 is 2.75 bits per heavy atom. The van der Waals surface area contributed by atoms with Crippen LogP contribution >= 0.6 is 0 Å². The number of hydrogen-bond acceptors (Lipinski definition) is 4. The van der Waals surface area contributed by atoms with E-state index in [1.807, 2.05) is 12.1 Å². The van der Waals surface area contributed by atoms with E-state index in [2.05, 4.69) is 46.0 Å². The standard InChI is InChI=1S/C23H32N4O/c1-15(2)10-18-12-19(25-24-18)13-27-14-21(17-4-3-5-20(28)11-17)23-22(27)16-6-8-26(23)9-7-16/h3-5,11-12,15-16,21-23,28H,6-10,13-14H2,1-2H3,(H,24,25)/t21-,22+,23+/m0/s1. The number of rotatable bonds is 5. The fraction of sp³-hybridized carbons (Fsp3) is 0.609. The normalized spacial score (nSPS) is 32.2. The third-order valence-corrected chi connectivity index (χ3v) is 7.07. The molecule has 150 valence electrons. The zero-order chi connectivity index (χ0) is 19.3. The summed E-state index contributed by atoms with van der Waals surface area (Å²) in [5.41, 5.74) is 3.71. The van der Waals surface area contributed by atoms with E-state index in [1.165, 1.54) is 42.9 Å². The van der Waals surface area contributed by atoms with E-state index in [1.54, 1.807) is 6.07 Å². The molecule has 6 rings (SSSR count). The molecule has 28 heavy (non-hydrogen) atoms. The van der Waals surface area contributed by atoms with Crippen LogP contribution in [0.4, 0.5) is 0 Å². The van der Waals surface area contributed by atoms with Crippen molar-refractivity contribution in [2.45, 2.75) is 57.7 Å². The Kier molecular flexibility index (Phi) is 4.68. The highest BCUT2D eigenvalue weighted by atomic mass is 16.3. The second kappa shape index (κ2) is 7.20. The molecule has 0 radical (unpaired) electrons. The van der Waals surface area contributed by atoms with Gasteiger partial charge in [-0.05, 0) is 68.0 Å². The summed E-state index contributed by atoms with van der Waals surface area (Å²) in [6.45, 7) is 8.96. The van der Waals surface area contributed by atoms with Gasteiger partial charge in [-0.1, -0.05) is 26.0 Å². The van der Waals surface area contributed by atoms with Gasteiger partial charge in [0.25, 0.3) is 0 Å². The minimum Gasteiger partial charge on any atom is -0.508 e. The van der Waals surface area contributed by atoms with Gasteiger partial charge in [0.1, 0.15) is 5.75 Å². The summed E-state index contributed by atoms with van der Waals surface area (Å²) in [6, 6.07) is 11.4. The molecule has 5 heteroatoms. The lowest BCUT2D eigenvalue weighted by Gasteiger charge is -2.51. The van der Waals surface area contributed by atoms with Crippen molar-refractivity contribution in [3.05, 3.63) is 47.3 Å². The fourth-order valence-corrected chi connectivity index (χ4v) is 6.00. The molecule has 0 amide bonds. The number of aromatic nitrogens is 2. The van der Waals surface area contributed by atoms with E-state index in [4.69, 9.17) is 0 Å². The molecule has 4 aliphatic heterocycles. The number of phenols is 1. The zero-order valence-electron chi connectivity index (χ0n) is 17.0. The second-order valence-corrected chi connectivity index (χ2v) is 9.47. The summed E-state index contributed by atoms with van der Waals surface area (Å²) in [5.74, 6) is 2.29. The third kappa shape index (κ3) is 3.25. The first-order chi connectivity index (χ1) is 13.6. The van der Waals surface area contributed by atoms with Crippen molar-refractivity contribution in [3.63, 3.8) is 0 Å². The molecule has 0 spiro atoms. The van der Waals surface area contributed by atoms with Gasteiger partial charge < -0.3 is 5.11 Å². The highest BCUT2D eigenvalue weighted by Gasteiger charge is 2.53. The first kappa shape index (κ1) is 18.2. The van der Waals surface area contributed by atoms with Gasteiger partial charge in [-0.3, -0.25) is 14.9 Å². The van der Waals surface area contributed by atoms with Crippen LogP contribution in [0.1, 0.15) is 49.6 Å². The Hall–Kier alpha value is -1.85. The Morgan fingerprint density at radius 1 is 1.18 bits per heavy atom. The summed E-state index contributed by atoms with van der Waals surface area (Å²) in [7, 11) is 0. The molecule has 1 aromatic carbocycles. The summed E-state index contributed by atoms with van der Waals surface area (Å²) in [4.78, 5) is 5.42. The van der Waals surface area contributed by atoms with Crippen molar-refractivity contribution in [3.8, 4) is 5.75 Å². The summed E-state index contributed by atoms with van der Waals surface area (Å²) in [5, 5.41) is 17.9. The number of hydrogen-bond donors (Lipinski definition) is 2. The van der Waals surface area contributed by atoms with Gasteiger partial charge in [0.15, 0.2) is 0 Å². The molecule has 0 unspecified atom stereocenters. The lowest BCUT2D eigenvalue weighted by molar-refractivity contribution is -0.00898. The van der Waals surface area contributed by atoms with Crippen LogP contribution in [0.15, 0.2) is 30.3 Å². The van der Waals surface area contributed by atoms with Gasteiger partial charge in [0.2, 0.25) is 0 Å². The molecule has 4 aliphatic rings. The average molecular weight is 381 g/mol. The number of benzene rings is 1. The minimum absolute atomic E-state index is 0.385. The number of H-pyrrole nitrogens is 1. The first-order valence-electron chi connectivity index (χ1n) is 10.9. The van der Waals surface area contributed by atoms with E-state index in [9.17, 15) is 5.11 Å². The molecular formula is C23H32N4O. The topological polar surface area (TPSA) is 55.4 Å². The Morgan fingerprint density at radius 2 is 2.00 bits per heavy atom. The molecule has 5 nitrogen and oxygen atoms in total. The molecule has 5 heterocycles. The number of aromatic amines is 1. The molecule has 1 aromatic heterocycles. The van der Waals surface area contributed by atoms with E-state index in [-0.39, 0.29) is 0 Å². The van der Waals surface area contributed by atoms with Gasteiger partial charge in [-0.15, -0.1) is 0 Å². The lowest BCUT2D eigenvalue weighted by Crippen LogP contribution is -2.60. The van der Waals surface area contributed by atoms with Crippen LogP contribution in [0.5, 0.6) is 5.75 Å². The summed E-state index contributed by atoms with van der Waals surface area (Å²) in [6.07, 6.45) is 3.68. The van der Waals surface area contributed by atoms with E-state index < -0.39 is 0 Å². The van der Waals surface area contributed by atoms with Gasteiger partial charge in [-0.2, -0.15) is 5.10 Å². The minimum atomic E-state index is 0.385. The van der Waals surface area contributed by atoms with E-state index in [0.717, 1.165) is 25.4 Å². The van der Waals surface area contributed by atoms with Gasteiger partial charge in [0.05, 0.1) is 5.69 Å². The first-order valence-corrected chi connectivity index (χ1v) is 10.9. The molecule has 4 saturated heterocycles. The van der Waals surface area contributed by atoms with Crippen molar-refractivity contribution >= 4 is 0 Å². The number of phenolic OH excluding ortho intramolecular Hbond substituents is 1. The predicted molar refractivity (Wildman–Crippen MR) is 110 cm³/mol. The number of fused-ring (bicyclic) bond motifs is 2. The van der Waals surface area contributed by atoms with Crippen LogP contribution in [0, 0.1) is 11.8 Å². The van der Waals surface area contributed by atoms with Crippen LogP contribution in [-0.4, -0.2) is 56.8 Å². The van der Waals surface area contributed by atoms with Gasteiger partial charge >= 0.3 is 0 Å². The monoisotopic (exact) mass is 380 g/mol. The van der Waals surface area contributed by atoms with Crippen LogP contribution in [-0.2, 0) is 13.0 Å². The predicted octanol–water partition coefficient (Wildman–Crippen LogP) is 3.38. The smallest absolute Gasteiger partial charge is 0.115 e. The van der Waals surface area contributed by atoms with Crippen LogP contribution in [0.2, 0.25) is 0 Å². The van der Waals surface area contributed by atoms with Crippen molar-refractivity contribution in [2.75, 3.05) is 19.6 Å². The van der Waals surface area contributed by atoms with Gasteiger partial charge in [0, 0.05) is 36.8 Å². The van der Waals surface area contributed by atoms with Crippen molar-refractivity contribution in [1.29, 1.82) is 0 Å². The van der Waals surface area contributed by atoms with Crippen LogP contribution in [0.25, 0.3) is 0 Å². The average Bonchev–Trinajstić information content (AvgIpc) is 3.28. The third-order valence-electron chi connectivity index (χ3n) is 7.07. The summed E-state index contributed by atoms with van der Waals surface area (Å²) < 4.78 is 0. The Bertz CT molecular complexity index is 824.